The molecule has 0 unspecified atom stereocenters. The third-order valence-electron chi connectivity index (χ3n) is 6.57. The van der Waals surface area contributed by atoms with Gasteiger partial charge >= 0.3 is 0 Å². The highest BCUT2D eigenvalue weighted by Crippen LogP contribution is 2.47. The molecule has 2 heterocycles. The second-order valence-corrected chi connectivity index (χ2v) is 10.0. The molecule has 0 atom stereocenters. The Balaban J connectivity index is 1.42. The number of unbranched alkanes of at least 4 members (excludes halogenated alkanes) is 2. The second kappa shape index (κ2) is 11.1. The lowest BCUT2D eigenvalue weighted by Gasteiger charge is -2.24. The van der Waals surface area contributed by atoms with Gasteiger partial charge in [0.1, 0.15) is 0 Å². The Bertz CT molecular complexity index is 1200. The highest BCUT2D eigenvalue weighted by molar-refractivity contribution is 6.05. The van der Waals surface area contributed by atoms with E-state index in [2.05, 4.69) is 33.8 Å². The summed E-state index contributed by atoms with van der Waals surface area (Å²) in [6, 6.07) is 7.48. The van der Waals surface area contributed by atoms with Gasteiger partial charge in [0, 0.05) is 47.5 Å². The molecule has 8 nitrogen and oxygen atoms in total. The van der Waals surface area contributed by atoms with Crippen molar-refractivity contribution < 1.29 is 18.2 Å². The summed E-state index contributed by atoms with van der Waals surface area (Å²) in [7, 11) is 0. The van der Waals surface area contributed by atoms with Gasteiger partial charge in [-0.05, 0) is 37.8 Å². The summed E-state index contributed by atoms with van der Waals surface area (Å²) in [5.74, 6) is 2.45. The topological polar surface area (TPSA) is 98.2 Å². The fraction of sp³-hybridized carbons (Fsp3) is 0.519. The number of hydrogen-bond acceptors (Lipinski definition) is 7. The number of halogens is 1. The van der Waals surface area contributed by atoms with Crippen molar-refractivity contribution in [1.82, 2.24) is 20.3 Å². The van der Waals surface area contributed by atoms with E-state index in [9.17, 15) is 9.18 Å². The molecule has 1 amide bonds. The van der Waals surface area contributed by atoms with Crippen LogP contribution >= 0.6 is 0 Å². The first-order chi connectivity index (χ1) is 17.3. The minimum atomic E-state index is -0.620. The van der Waals surface area contributed by atoms with E-state index in [0.29, 0.717) is 42.1 Å². The first kappa shape index (κ1) is 25.7. The normalized spacial score (nSPS) is 14.2. The van der Waals surface area contributed by atoms with Gasteiger partial charge < -0.3 is 13.9 Å². The standard InChI is InChI=1S/C27H34FN5O3/c1-18(2)23-29-22(35-31-23)11-6-5-7-16-33(25(34)19(3)12-15-28)21-10-8-9-20(17-21)24-30-26(36-32-24)27(4)13-14-27/h8-10,17-18H,3,5-7,11-16H2,1-2,4H3. The number of aromatic nitrogens is 4. The van der Waals surface area contributed by atoms with Crippen molar-refractivity contribution in [2.75, 3.05) is 18.1 Å². The zero-order chi connectivity index (χ0) is 25.7. The Morgan fingerprint density at radius 1 is 1.17 bits per heavy atom. The van der Waals surface area contributed by atoms with Gasteiger partial charge in [0.2, 0.25) is 17.6 Å². The van der Waals surface area contributed by atoms with E-state index in [0.717, 1.165) is 37.7 Å². The molecule has 1 fully saturated rings. The Labute approximate surface area is 211 Å². The van der Waals surface area contributed by atoms with Crippen LogP contribution in [-0.4, -0.2) is 39.4 Å². The van der Waals surface area contributed by atoms with E-state index in [1.165, 1.54) is 0 Å². The Morgan fingerprint density at radius 3 is 2.67 bits per heavy atom. The maximum Gasteiger partial charge on any atom is 0.253 e. The molecule has 1 aliphatic rings. The monoisotopic (exact) mass is 495 g/mol. The molecule has 3 aromatic rings. The SMILES string of the molecule is C=C(CCF)C(=O)N(CCCCCc1nc(C(C)C)no1)c1cccc(-c2noc(C3(C)CC3)n2)c1. The van der Waals surface area contributed by atoms with Gasteiger partial charge in [-0.15, -0.1) is 0 Å². The van der Waals surface area contributed by atoms with Gasteiger partial charge in [0.05, 0.1) is 6.67 Å². The van der Waals surface area contributed by atoms with Crippen LogP contribution in [0.1, 0.15) is 82.8 Å². The van der Waals surface area contributed by atoms with Crippen molar-refractivity contribution >= 4 is 11.6 Å². The fourth-order valence-electron chi connectivity index (χ4n) is 3.89. The molecule has 0 N–H and O–H groups in total. The number of carbonyl (C=O) groups is 1. The van der Waals surface area contributed by atoms with Crippen molar-refractivity contribution in [3.8, 4) is 11.4 Å². The average molecular weight is 496 g/mol. The Hall–Kier alpha value is -3.36. The molecule has 9 heteroatoms. The number of rotatable bonds is 13. The predicted octanol–water partition coefficient (Wildman–Crippen LogP) is 5.96. The van der Waals surface area contributed by atoms with Crippen LogP contribution in [0.4, 0.5) is 10.1 Å². The highest BCUT2D eigenvalue weighted by Gasteiger charge is 2.44. The molecule has 0 aliphatic heterocycles. The van der Waals surface area contributed by atoms with Crippen LogP contribution in [0.3, 0.4) is 0 Å². The molecule has 1 saturated carbocycles. The van der Waals surface area contributed by atoms with Crippen LogP contribution < -0.4 is 4.90 Å². The molecule has 0 bridgehead atoms. The quantitative estimate of drug-likeness (QED) is 0.213. The second-order valence-electron chi connectivity index (χ2n) is 10.0. The van der Waals surface area contributed by atoms with Crippen molar-refractivity contribution in [2.45, 2.75) is 77.0 Å². The van der Waals surface area contributed by atoms with Gasteiger partial charge in [0.25, 0.3) is 5.91 Å². The third kappa shape index (κ3) is 6.06. The summed E-state index contributed by atoms with van der Waals surface area (Å²) in [4.78, 5) is 23.8. The van der Waals surface area contributed by atoms with Crippen molar-refractivity contribution in [3.63, 3.8) is 0 Å². The maximum atomic E-state index is 13.2. The van der Waals surface area contributed by atoms with E-state index in [1.807, 2.05) is 38.1 Å². The largest absolute Gasteiger partial charge is 0.339 e. The fourth-order valence-corrected chi connectivity index (χ4v) is 3.89. The molecule has 2 aromatic heterocycles. The molecular weight excluding hydrogens is 461 g/mol. The number of amides is 1. The van der Waals surface area contributed by atoms with E-state index in [1.54, 1.807) is 4.90 Å². The summed E-state index contributed by atoms with van der Waals surface area (Å²) in [6.45, 7) is 9.83. The van der Waals surface area contributed by atoms with Gasteiger partial charge in [-0.25, -0.2) is 0 Å². The molecular formula is C27H34FN5O3. The molecule has 1 aliphatic carbocycles. The van der Waals surface area contributed by atoms with Crippen LogP contribution in [-0.2, 0) is 16.6 Å². The molecule has 1 aromatic carbocycles. The van der Waals surface area contributed by atoms with Gasteiger partial charge in [0.15, 0.2) is 5.82 Å². The van der Waals surface area contributed by atoms with Gasteiger partial charge in [-0.1, -0.05) is 56.2 Å². The van der Waals surface area contributed by atoms with E-state index in [-0.39, 0.29) is 29.2 Å². The predicted molar refractivity (Wildman–Crippen MR) is 134 cm³/mol. The lowest BCUT2D eigenvalue weighted by Crippen LogP contribution is -2.33. The molecule has 4 rings (SSSR count). The zero-order valence-electron chi connectivity index (χ0n) is 21.3. The van der Waals surface area contributed by atoms with E-state index < -0.39 is 6.67 Å². The number of carbonyl (C=O) groups excluding carboxylic acids is 1. The number of alkyl halides is 1. The van der Waals surface area contributed by atoms with Crippen molar-refractivity contribution in [1.29, 1.82) is 0 Å². The average Bonchev–Trinajstić information content (AvgIpc) is 3.27. The lowest BCUT2D eigenvalue weighted by atomic mass is 10.1. The van der Waals surface area contributed by atoms with Crippen LogP contribution in [0, 0.1) is 0 Å². The number of nitrogens with zero attached hydrogens (tertiary/aromatic N) is 5. The summed E-state index contributed by atoms with van der Waals surface area (Å²) in [6.07, 6.45) is 5.27. The number of aryl methyl sites for hydroxylation is 1. The summed E-state index contributed by atoms with van der Waals surface area (Å²) < 4.78 is 23.7. The minimum Gasteiger partial charge on any atom is -0.339 e. The number of anilines is 1. The van der Waals surface area contributed by atoms with E-state index in [4.69, 9.17) is 9.05 Å². The van der Waals surface area contributed by atoms with Crippen LogP contribution in [0.2, 0.25) is 0 Å². The number of hydrogen-bond donors (Lipinski definition) is 0. The van der Waals surface area contributed by atoms with Crippen molar-refractivity contribution in [2.24, 2.45) is 0 Å². The highest BCUT2D eigenvalue weighted by atomic mass is 19.1. The Kier molecular flexibility index (Phi) is 7.96. The lowest BCUT2D eigenvalue weighted by molar-refractivity contribution is -0.115. The van der Waals surface area contributed by atoms with Crippen molar-refractivity contribution in [3.05, 3.63) is 54.0 Å². The molecule has 0 radical (unpaired) electrons. The van der Waals surface area contributed by atoms with Gasteiger partial charge in [-0.3, -0.25) is 9.18 Å². The third-order valence-corrected chi connectivity index (χ3v) is 6.57. The molecule has 0 saturated heterocycles. The number of benzene rings is 1. The van der Waals surface area contributed by atoms with Crippen LogP contribution in [0.15, 0.2) is 45.5 Å². The van der Waals surface area contributed by atoms with E-state index >= 15 is 0 Å². The Morgan fingerprint density at radius 2 is 1.97 bits per heavy atom. The summed E-state index contributed by atoms with van der Waals surface area (Å²) in [5.41, 5.74) is 1.68. The smallest absolute Gasteiger partial charge is 0.253 e. The maximum absolute atomic E-state index is 13.2. The summed E-state index contributed by atoms with van der Waals surface area (Å²) >= 11 is 0. The first-order valence-corrected chi connectivity index (χ1v) is 12.6. The molecule has 192 valence electrons. The summed E-state index contributed by atoms with van der Waals surface area (Å²) in [5, 5.41) is 8.15. The van der Waals surface area contributed by atoms with Crippen LogP contribution in [0.25, 0.3) is 11.4 Å². The van der Waals surface area contributed by atoms with Crippen LogP contribution in [0.5, 0.6) is 0 Å². The zero-order valence-corrected chi connectivity index (χ0v) is 21.3. The first-order valence-electron chi connectivity index (χ1n) is 12.6. The minimum absolute atomic E-state index is 0.0111. The molecule has 0 spiro atoms. The van der Waals surface area contributed by atoms with Gasteiger partial charge in [-0.2, -0.15) is 9.97 Å². The molecule has 36 heavy (non-hydrogen) atoms.